The molecule has 3 heterocycles. The van der Waals surface area contributed by atoms with Crippen LogP contribution < -0.4 is 10.9 Å². The smallest absolute Gasteiger partial charge is 0.325 e. The second-order valence-corrected chi connectivity index (χ2v) is 8.49. The van der Waals surface area contributed by atoms with Crippen molar-refractivity contribution >= 4 is 39.3 Å². The molecule has 0 aromatic carbocycles. The number of esters is 1. The maximum Gasteiger partial charge on any atom is 0.325 e. The fourth-order valence-corrected chi connectivity index (χ4v) is 4.65. The Morgan fingerprint density at radius 3 is 2.83 bits per heavy atom. The number of hydrogen-bond donors (Lipinski definition) is 1. The van der Waals surface area contributed by atoms with Crippen LogP contribution in [0.2, 0.25) is 0 Å². The zero-order chi connectivity index (χ0) is 21.8. The largest absolute Gasteiger partial charge is 0.465 e. The topological polar surface area (TPSA) is 111 Å². The van der Waals surface area contributed by atoms with Gasteiger partial charge in [-0.15, -0.1) is 11.3 Å². The Labute approximate surface area is 178 Å². The number of ether oxygens (including phenoxy) is 1. The van der Waals surface area contributed by atoms with Crippen LogP contribution in [-0.4, -0.2) is 58.5 Å². The van der Waals surface area contributed by atoms with Crippen molar-refractivity contribution in [2.45, 2.75) is 40.2 Å². The van der Waals surface area contributed by atoms with E-state index in [9.17, 15) is 19.2 Å². The first-order chi connectivity index (χ1) is 14.3. The van der Waals surface area contributed by atoms with Gasteiger partial charge < -0.3 is 15.0 Å². The van der Waals surface area contributed by atoms with E-state index in [1.165, 1.54) is 10.9 Å². The molecule has 1 unspecified atom stereocenters. The molecule has 10 heteroatoms. The summed E-state index contributed by atoms with van der Waals surface area (Å²) in [5, 5.41) is 2.82. The van der Waals surface area contributed by atoms with Gasteiger partial charge in [0.1, 0.15) is 17.9 Å². The number of carbonyl (C=O) groups is 3. The third-order valence-electron chi connectivity index (χ3n) is 5.14. The van der Waals surface area contributed by atoms with Crippen LogP contribution in [0.25, 0.3) is 10.2 Å². The summed E-state index contributed by atoms with van der Waals surface area (Å²) in [5.41, 5.74) is 0.138. The lowest BCUT2D eigenvalue weighted by molar-refractivity contribution is -0.141. The summed E-state index contributed by atoms with van der Waals surface area (Å²) >= 11 is 1.08. The van der Waals surface area contributed by atoms with E-state index in [4.69, 9.17) is 4.74 Å². The van der Waals surface area contributed by atoms with Crippen LogP contribution in [-0.2, 0) is 20.9 Å². The van der Waals surface area contributed by atoms with E-state index in [2.05, 4.69) is 17.2 Å². The first kappa shape index (κ1) is 21.9. The molecule has 0 radical (unpaired) electrons. The Kier molecular flexibility index (Phi) is 6.86. The Morgan fingerprint density at radius 2 is 2.13 bits per heavy atom. The third-order valence-corrected chi connectivity index (χ3v) is 6.34. The molecule has 0 saturated carbocycles. The van der Waals surface area contributed by atoms with Crippen molar-refractivity contribution < 1.29 is 19.1 Å². The van der Waals surface area contributed by atoms with E-state index in [1.54, 1.807) is 18.7 Å². The molecule has 2 aromatic rings. The van der Waals surface area contributed by atoms with Gasteiger partial charge in [0.2, 0.25) is 5.91 Å². The lowest BCUT2D eigenvalue weighted by atomic mass is 10.0. The molecule has 0 aliphatic carbocycles. The summed E-state index contributed by atoms with van der Waals surface area (Å²) < 4.78 is 6.09. The Bertz CT molecular complexity index is 1030. The predicted molar refractivity (Wildman–Crippen MR) is 113 cm³/mol. The minimum atomic E-state index is -0.532. The summed E-state index contributed by atoms with van der Waals surface area (Å²) in [4.78, 5) is 56.3. The molecular weight excluding hydrogens is 408 g/mol. The van der Waals surface area contributed by atoms with Crippen molar-refractivity contribution in [1.29, 1.82) is 0 Å². The van der Waals surface area contributed by atoms with Crippen LogP contribution in [0.4, 0.5) is 0 Å². The molecule has 1 aliphatic heterocycles. The maximum absolute atomic E-state index is 13.0. The van der Waals surface area contributed by atoms with Crippen molar-refractivity contribution in [3.8, 4) is 0 Å². The lowest BCUT2D eigenvalue weighted by Crippen LogP contribution is -2.42. The number of rotatable bonds is 6. The molecule has 2 amide bonds. The first-order valence-corrected chi connectivity index (χ1v) is 10.8. The van der Waals surface area contributed by atoms with E-state index >= 15 is 0 Å². The number of likely N-dealkylation sites (tertiary alicyclic amines) is 1. The number of carbonyl (C=O) groups excluding carboxylic acids is 3. The van der Waals surface area contributed by atoms with E-state index in [1.807, 2.05) is 0 Å². The summed E-state index contributed by atoms with van der Waals surface area (Å²) in [7, 11) is 0. The monoisotopic (exact) mass is 434 g/mol. The molecule has 3 rings (SSSR count). The fraction of sp³-hybridized carbons (Fsp3) is 0.550. The molecule has 1 atom stereocenters. The molecule has 0 bridgehead atoms. The van der Waals surface area contributed by atoms with Gasteiger partial charge in [0, 0.05) is 13.1 Å². The average molecular weight is 435 g/mol. The average Bonchev–Trinajstić information content (AvgIpc) is 3.05. The van der Waals surface area contributed by atoms with Gasteiger partial charge in [-0.25, -0.2) is 4.98 Å². The quantitative estimate of drug-likeness (QED) is 0.687. The third kappa shape index (κ3) is 4.69. The highest BCUT2D eigenvalue weighted by molar-refractivity contribution is 7.20. The number of fused-ring (bicyclic) bond motifs is 1. The number of amides is 2. The van der Waals surface area contributed by atoms with Gasteiger partial charge in [-0.2, -0.15) is 0 Å². The van der Waals surface area contributed by atoms with Crippen LogP contribution in [0, 0.1) is 12.8 Å². The zero-order valence-electron chi connectivity index (χ0n) is 17.4. The SMILES string of the molecule is CCOC(=O)CNC(=O)c1sc2ncn(CC(=O)N3CCCC(C)C3)c(=O)c2c1C. The van der Waals surface area contributed by atoms with Crippen molar-refractivity contribution in [2.75, 3.05) is 26.2 Å². The van der Waals surface area contributed by atoms with Crippen molar-refractivity contribution in [3.63, 3.8) is 0 Å². The van der Waals surface area contributed by atoms with Gasteiger partial charge in [-0.3, -0.25) is 23.7 Å². The van der Waals surface area contributed by atoms with E-state index in [0.29, 0.717) is 39.7 Å². The molecule has 1 N–H and O–H groups in total. The zero-order valence-corrected chi connectivity index (χ0v) is 18.2. The van der Waals surface area contributed by atoms with Crippen molar-refractivity contribution in [3.05, 3.63) is 27.1 Å². The minimum absolute atomic E-state index is 0.0752. The highest BCUT2D eigenvalue weighted by Crippen LogP contribution is 2.26. The van der Waals surface area contributed by atoms with Crippen molar-refractivity contribution in [1.82, 2.24) is 19.8 Å². The van der Waals surface area contributed by atoms with Gasteiger partial charge in [0.05, 0.1) is 23.2 Å². The fourth-order valence-electron chi connectivity index (χ4n) is 3.59. The number of aromatic nitrogens is 2. The van der Waals surface area contributed by atoms with Crippen molar-refractivity contribution in [2.24, 2.45) is 5.92 Å². The molecule has 1 saturated heterocycles. The summed E-state index contributed by atoms with van der Waals surface area (Å²) in [6, 6.07) is 0. The van der Waals surface area contributed by atoms with Gasteiger partial charge in [-0.05, 0) is 38.2 Å². The normalized spacial score (nSPS) is 16.5. The number of hydrogen-bond acceptors (Lipinski definition) is 7. The standard InChI is InChI=1S/C20H26N4O5S/c1-4-29-15(26)8-21-18(27)17-13(3)16-19(30-17)22-11-24(20(16)28)10-14(25)23-7-5-6-12(2)9-23/h11-12H,4-10H2,1-3H3,(H,21,27). The molecule has 1 fully saturated rings. The van der Waals surface area contributed by atoms with Crippen LogP contribution in [0.15, 0.2) is 11.1 Å². The lowest BCUT2D eigenvalue weighted by Gasteiger charge is -2.31. The predicted octanol–water partition coefficient (Wildman–Crippen LogP) is 1.32. The highest BCUT2D eigenvalue weighted by Gasteiger charge is 2.23. The molecule has 30 heavy (non-hydrogen) atoms. The molecule has 2 aromatic heterocycles. The number of aryl methyl sites for hydroxylation is 1. The number of thiophene rings is 1. The molecular formula is C20H26N4O5S. The first-order valence-electron chi connectivity index (χ1n) is 10.0. The highest BCUT2D eigenvalue weighted by atomic mass is 32.1. The second-order valence-electron chi connectivity index (χ2n) is 7.49. The molecule has 1 aliphatic rings. The summed E-state index contributed by atoms with van der Waals surface area (Å²) in [5.74, 6) is -0.650. The van der Waals surface area contributed by atoms with Gasteiger partial charge in [-0.1, -0.05) is 6.92 Å². The molecule has 9 nitrogen and oxygen atoms in total. The molecule has 162 valence electrons. The Balaban J connectivity index is 1.79. The van der Waals surface area contributed by atoms with Gasteiger partial charge in [0.15, 0.2) is 0 Å². The van der Waals surface area contributed by atoms with E-state index in [0.717, 1.165) is 24.2 Å². The Hall–Kier alpha value is -2.75. The molecule has 0 spiro atoms. The van der Waals surface area contributed by atoms with Crippen LogP contribution >= 0.6 is 11.3 Å². The number of nitrogens with one attached hydrogen (secondary N) is 1. The summed E-state index contributed by atoms with van der Waals surface area (Å²) in [6.07, 6.45) is 3.42. The minimum Gasteiger partial charge on any atom is -0.465 e. The van der Waals surface area contributed by atoms with E-state index < -0.39 is 11.9 Å². The van der Waals surface area contributed by atoms with Crippen LogP contribution in [0.5, 0.6) is 0 Å². The number of nitrogens with zero attached hydrogens (tertiary/aromatic N) is 3. The Morgan fingerprint density at radius 1 is 1.37 bits per heavy atom. The van der Waals surface area contributed by atoms with E-state index in [-0.39, 0.29) is 31.2 Å². The van der Waals surface area contributed by atoms with Gasteiger partial charge >= 0.3 is 5.97 Å². The summed E-state index contributed by atoms with van der Waals surface area (Å²) in [6.45, 7) is 6.77. The second kappa shape index (κ2) is 9.38. The van der Waals surface area contributed by atoms with Crippen LogP contribution in [0.3, 0.4) is 0 Å². The van der Waals surface area contributed by atoms with Gasteiger partial charge in [0.25, 0.3) is 11.5 Å². The number of piperidine rings is 1. The maximum atomic E-state index is 13.0. The van der Waals surface area contributed by atoms with Crippen LogP contribution in [0.1, 0.15) is 41.9 Å².